The van der Waals surface area contributed by atoms with Crippen molar-refractivity contribution in [3.63, 3.8) is 0 Å². The van der Waals surface area contributed by atoms with E-state index in [1.54, 1.807) is 0 Å². The van der Waals surface area contributed by atoms with Gasteiger partial charge in [-0.25, -0.2) is 9.98 Å². The van der Waals surface area contributed by atoms with E-state index in [-0.39, 0.29) is 23.3 Å². The molecule has 0 N–H and O–H groups in total. The van der Waals surface area contributed by atoms with Crippen LogP contribution in [0.5, 0.6) is 0 Å². The molecule has 0 saturated carbocycles. The second-order valence-electron chi connectivity index (χ2n) is 5.41. The first kappa shape index (κ1) is 17.4. The number of hydrogen-bond donors (Lipinski definition) is 0. The lowest BCUT2D eigenvalue weighted by molar-refractivity contribution is -0.116. The maximum absolute atomic E-state index is 11.5. The lowest BCUT2D eigenvalue weighted by Gasteiger charge is -2.26. The number of rotatable bonds is 5. The van der Waals surface area contributed by atoms with Crippen molar-refractivity contribution < 1.29 is 9.59 Å². The number of nitriles is 2. The number of hydrogen-bond acceptors (Lipinski definition) is 6. The van der Waals surface area contributed by atoms with Crippen LogP contribution in [-0.2, 0) is 9.59 Å². The SMILES string of the molecule is N#C[C@H](C1=NC(=O)CS1)C(c1ccccc1)[C@H](C#N)C1=NC(=O)CS1. The van der Waals surface area contributed by atoms with Gasteiger partial charge in [-0.1, -0.05) is 53.9 Å². The molecule has 0 aliphatic carbocycles. The number of nitrogens with zero attached hydrogens (tertiary/aromatic N) is 4. The summed E-state index contributed by atoms with van der Waals surface area (Å²) in [7, 11) is 0. The fourth-order valence-electron chi connectivity index (χ4n) is 2.80. The summed E-state index contributed by atoms with van der Waals surface area (Å²) in [6.07, 6.45) is 0. The molecule has 0 aromatic heterocycles. The van der Waals surface area contributed by atoms with Gasteiger partial charge in [0.25, 0.3) is 11.8 Å². The first-order valence-electron chi connectivity index (χ1n) is 7.46. The topological polar surface area (TPSA) is 106 Å². The maximum atomic E-state index is 11.5. The zero-order valence-corrected chi connectivity index (χ0v) is 14.6. The van der Waals surface area contributed by atoms with Crippen molar-refractivity contribution in [2.75, 3.05) is 11.5 Å². The van der Waals surface area contributed by atoms with Crippen LogP contribution >= 0.6 is 23.5 Å². The van der Waals surface area contributed by atoms with E-state index in [1.165, 1.54) is 23.5 Å². The summed E-state index contributed by atoms with van der Waals surface area (Å²) in [5.74, 6) is -2.18. The highest BCUT2D eigenvalue weighted by Gasteiger charge is 2.40. The van der Waals surface area contributed by atoms with Gasteiger partial charge in [0.15, 0.2) is 0 Å². The van der Waals surface area contributed by atoms with Gasteiger partial charge in [0, 0.05) is 5.92 Å². The molecular formula is C17H12N4O2S2. The Morgan fingerprint density at radius 2 is 1.36 bits per heavy atom. The minimum Gasteiger partial charge on any atom is -0.272 e. The molecule has 0 radical (unpaired) electrons. The highest BCUT2D eigenvalue weighted by molar-refractivity contribution is 8.15. The number of carbonyl (C=O) groups is 2. The van der Waals surface area contributed by atoms with Gasteiger partial charge in [0.05, 0.1) is 33.7 Å². The summed E-state index contributed by atoms with van der Waals surface area (Å²) >= 11 is 2.46. The first-order valence-corrected chi connectivity index (χ1v) is 9.43. The van der Waals surface area contributed by atoms with Gasteiger partial charge in [-0.15, -0.1) is 0 Å². The van der Waals surface area contributed by atoms with E-state index in [0.717, 1.165) is 5.56 Å². The second-order valence-corrected chi connectivity index (χ2v) is 7.41. The van der Waals surface area contributed by atoms with Crippen LogP contribution in [0.1, 0.15) is 11.5 Å². The van der Waals surface area contributed by atoms with E-state index in [9.17, 15) is 20.1 Å². The van der Waals surface area contributed by atoms with Gasteiger partial charge in [0.2, 0.25) is 0 Å². The van der Waals surface area contributed by atoms with Crippen LogP contribution in [0.15, 0.2) is 40.3 Å². The van der Waals surface area contributed by atoms with Gasteiger partial charge in [-0.05, 0) is 5.56 Å². The minimum absolute atomic E-state index is 0.209. The molecule has 2 aliphatic rings. The van der Waals surface area contributed by atoms with Crippen LogP contribution in [0.4, 0.5) is 0 Å². The van der Waals surface area contributed by atoms with Gasteiger partial charge < -0.3 is 0 Å². The van der Waals surface area contributed by atoms with Crippen LogP contribution in [0.2, 0.25) is 0 Å². The number of thioether (sulfide) groups is 2. The minimum atomic E-state index is -0.748. The quantitative estimate of drug-likeness (QED) is 0.790. The number of amides is 2. The van der Waals surface area contributed by atoms with Crippen LogP contribution in [0.3, 0.4) is 0 Å². The van der Waals surface area contributed by atoms with E-state index in [4.69, 9.17) is 0 Å². The molecule has 0 unspecified atom stereocenters. The van der Waals surface area contributed by atoms with Gasteiger partial charge in [-0.3, -0.25) is 9.59 Å². The zero-order valence-electron chi connectivity index (χ0n) is 13.0. The van der Waals surface area contributed by atoms with Crippen LogP contribution < -0.4 is 0 Å². The molecule has 2 aliphatic heterocycles. The predicted molar refractivity (Wildman–Crippen MR) is 97.2 cm³/mol. The molecule has 25 heavy (non-hydrogen) atoms. The molecule has 2 amide bonds. The van der Waals surface area contributed by atoms with E-state index in [0.29, 0.717) is 10.1 Å². The Kier molecular flexibility index (Phi) is 5.32. The smallest absolute Gasteiger partial charge is 0.256 e. The third-order valence-electron chi connectivity index (χ3n) is 3.87. The Morgan fingerprint density at radius 1 is 0.880 bits per heavy atom. The third kappa shape index (κ3) is 3.65. The highest BCUT2D eigenvalue weighted by atomic mass is 32.2. The summed E-state index contributed by atoms with van der Waals surface area (Å²) in [5, 5.41) is 20.4. The molecule has 8 heteroatoms. The molecule has 124 valence electrons. The Hall–Kier alpha value is -2.42. The number of benzene rings is 1. The Morgan fingerprint density at radius 3 is 1.72 bits per heavy atom. The van der Waals surface area contributed by atoms with Crippen molar-refractivity contribution in [1.82, 2.24) is 0 Å². The van der Waals surface area contributed by atoms with E-state index in [1.807, 2.05) is 30.3 Å². The molecule has 2 heterocycles. The lowest BCUT2D eigenvalue weighted by Crippen LogP contribution is -2.28. The average molecular weight is 368 g/mol. The molecule has 0 bridgehead atoms. The van der Waals surface area contributed by atoms with Crippen molar-refractivity contribution >= 4 is 45.4 Å². The molecule has 2 atom stereocenters. The van der Waals surface area contributed by atoms with Crippen LogP contribution in [-0.4, -0.2) is 33.4 Å². The fraction of sp³-hybridized carbons (Fsp3) is 0.294. The van der Waals surface area contributed by atoms with Crippen molar-refractivity contribution in [1.29, 1.82) is 10.5 Å². The Balaban J connectivity index is 2.06. The molecule has 3 rings (SSSR count). The van der Waals surface area contributed by atoms with E-state index >= 15 is 0 Å². The predicted octanol–water partition coefficient (Wildman–Crippen LogP) is 2.39. The van der Waals surface area contributed by atoms with Crippen molar-refractivity contribution in [3.05, 3.63) is 35.9 Å². The Bertz CT molecular complexity index is 800. The molecule has 1 aromatic rings. The third-order valence-corrected chi connectivity index (χ3v) is 5.93. The highest BCUT2D eigenvalue weighted by Crippen LogP contribution is 2.40. The van der Waals surface area contributed by atoms with Crippen LogP contribution in [0.25, 0.3) is 0 Å². The molecular weight excluding hydrogens is 356 g/mol. The summed E-state index contributed by atoms with van der Waals surface area (Å²) in [4.78, 5) is 31.0. The maximum Gasteiger partial charge on any atom is 0.256 e. The molecule has 0 spiro atoms. The Labute approximate surface area is 153 Å². The number of aliphatic imine (C=N–C) groups is 2. The summed E-state index contributed by atoms with van der Waals surface area (Å²) in [5.41, 5.74) is 0.783. The van der Waals surface area contributed by atoms with Crippen LogP contribution in [0, 0.1) is 34.5 Å². The monoisotopic (exact) mass is 368 g/mol. The molecule has 0 fully saturated rings. The fourth-order valence-corrected chi connectivity index (χ4v) is 4.56. The largest absolute Gasteiger partial charge is 0.272 e. The summed E-state index contributed by atoms with van der Waals surface area (Å²) < 4.78 is 0. The summed E-state index contributed by atoms with van der Waals surface area (Å²) in [6, 6.07) is 13.6. The average Bonchev–Trinajstić information content (AvgIpc) is 3.24. The van der Waals surface area contributed by atoms with E-state index < -0.39 is 17.8 Å². The van der Waals surface area contributed by atoms with Gasteiger partial charge in [-0.2, -0.15) is 10.5 Å². The standard InChI is InChI=1S/C17H12N4O2S2/c18-6-11(16-20-13(22)8-24-16)15(10-4-2-1-3-5-10)12(7-19)17-21-14(23)9-25-17/h1-5,11-12,15H,8-9H2/t11-,12-/m0/s1. The van der Waals surface area contributed by atoms with E-state index in [2.05, 4.69) is 22.1 Å². The van der Waals surface area contributed by atoms with Crippen molar-refractivity contribution in [2.45, 2.75) is 5.92 Å². The van der Waals surface area contributed by atoms with Gasteiger partial charge >= 0.3 is 0 Å². The van der Waals surface area contributed by atoms with Crippen molar-refractivity contribution in [2.24, 2.45) is 21.8 Å². The lowest BCUT2D eigenvalue weighted by atomic mass is 9.78. The number of carbonyl (C=O) groups excluding carboxylic acids is 2. The first-order chi connectivity index (χ1) is 12.1. The molecule has 0 saturated heterocycles. The summed E-state index contributed by atoms with van der Waals surface area (Å²) in [6.45, 7) is 0. The zero-order chi connectivity index (χ0) is 17.8. The normalized spacial score (nSPS) is 19.2. The van der Waals surface area contributed by atoms with Gasteiger partial charge in [0.1, 0.15) is 11.8 Å². The molecule has 1 aromatic carbocycles. The van der Waals surface area contributed by atoms with Crippen molar-refractivity contribution in [3.8, 4) is 12.1 Å². The second kappa shape index (κ2) is 7.64. The molecule has 6 nitrogen and oxygen atoms in total.